The number of hydrogen-bond donors (Lipinski definition) is 2. The van der Waals surface area contributed by atoms with Crippen LogP contribution in [0, 0.1) is 0 Å². The summed E-state index contributed by atoms with van der Waals surface area (Å²) in [4.78, 5) is 11.3. The fourth-order valence-electron chi connectivity index (χ4n) is 2.68. The average molecular weight is 183 g/mol. The predicted molar refractivity (Wildman–Crippen MR) is 49.2 cm³/mol. The lowest BCUT2D eigenvalue weighted by Crippen LogP contribution is -2.54. The van der Waals surface area contributed by atoms with Crippen LogP contribution in [-0.4, -0.2) is 22.7 Å². The van der Waals surface area contributed by atoms with E-state index in [9.17, 15) is 9.90 Å². The molecule has 3 nitrogen and oxygen atoms in total. The van der Waals surface area contributed by atoms with E-state index < -0.39 is 0 Å². The fraction of sp³-hybridized carbons (Fsp3) is 0.900. The van der Waals surface area contributed by atoms with E-state index in [2.05, 4.69) is 5.32 Å². The SMILES string of the molecule is O=C1CCC[C@@]2(CCC[C@H](O)C2)N1. The first-order valence-electron chi connectivity index (χ1n) is 5.19. The molecule has 1 spiro atoms. The number of aliphatic hydroxyl groups excluding tert-OH is 1. The lowest BCUT2D eigenvalue weighted by Gasteiger charge is -2.42. The van der Waals surface area contributed by atoms with E-state index in [-0.39, 0.29) is 17.6 Å². The summed E-state index contributed by atoms with van der Waals surface area (Å²) in [5, 5.41) is 12.6. The van der Waals surface area contributed by atoms with Crippen LogP contribution in [0.4, 0.5) is 0 Å². The summed E-state index contributed by atoms with van der Waals surface area (Å²) in [5.74, 6) is 0.167. The van der Waals surface area contributed by atoms with Crippen molar-refractivity contribution in [3.05, 3.63) is 0 Å². The van der Waals surface area contributed by atoms with Gasteiger partial charge in [0.25, 0.3) is 0 Å². The zero-order chi connectivity index (χ0) is 9.31. The van der Waals surface area contributed by atoms with Crippen molar-refractivity contribution < 1.29 is 9.90 Å². The van der Waals surface area contributed by atoms with Crippen molar-refractivity contribution >= 4 is 5.91 Å². The summed E-state index contributed by atoms with van der Waals surface area (Å²) >= 11 is 0. The Morgan fingerprint density at radius 3 is 2.85 bits per heavy atom. The van der Waals surface area contributed by atoms with Crippen molar-refractivity contribution in [3.63, 3.8) is 0 Å². The minimum atomic E-state index is -0.202. The average Bonchev–Trinajstić information content (AvgIpc) is 2.02. The maximum Gasteiger partial charge on any atom is 0.220 e. The Bertz CT molecular complexity index is 213. The third kappa shape index (κ3) is 1.85. The quantitative estimate of drug-likeness (QED) is 0.587. The number of rotatable bonds is 0. The molecule has 1 saturated heterocycles. The first kappa shape index (κ1) is 9.00. The van der Waals surface area contributed by atoms with Gasteiger partial charge in [0.15, 0.2) is 0 Å². The first-order chi connectivity index (χ1) is 6.20. The Morgan fingerprint density at radius 2 is 2.15 bits per heavy atom. The molecule has 74 valence electrons. The maximum absolute atomic E-state index is 11.3. The van der Waals surface area contributed by atoms with Crippen molar-refractivity contribution in [2.45, 2.75) is 56.6 Å². The first-order valence-corrected chi connectivity index (χ1v) is 5.19. The largest absolute Gasteiger partial charge is 0.393 e. The minimum Gasteiger partial charge on any atom is -0.393 e. The van der Waals surface area contributed by atoms with Gasteiger partial charge >= 0.3 is 0 Å². The van der Waals surface area contributed by atoms with Gasteiger partial charge in [0.2, 0.25) is 5.91 Å². The Hall–Kier alpha value is -0.570. The van der Waals surface area contributed by atoms with Crippen molar-refractivity contribution in [1.82, 2.24) is 5.32 Å². The van der Waals surface area contributed by atoms with Crippen LogP contribution < -0.4 is 5.32 Å². The molecule has 2 atom stereocenters. The highest BCUT2D eigenvalue weighted by atomic mass is 16.3. The molecule has 0 unspecified atom stereocenters. The third-order valence-corrected chi connectivity index (χ3v) is 3.28. The Kier molecular flexibility index (Phi) is 2.28. The molecule has 0 bridgehead atoms. The second-order valence-corrected chi connectivity index (χ2v) is 4.43. The summed E-state index contributed by atoms with van der Waals surface area (Å²) in [5.41, 5.74) is -0.0486. The van der Waals surface area contributed by atoms with E-state index in [1.54, 1.807) is 0 Å². The number of aliphatic hydroxyl groups is 1. The topological polar surface area (TPSA) is 49.3 Å². The van der Waals surface area contributed by atoms with E-state index in [1.807, 2.05) is 0 Å². The molecular formula is C10H17NO2. The summed E-state index contributed by atoms with van der Waals surface area (Å²) < 4.78 is 0. The Morgan fingerprint density at radius 1 is 1.38 bits per heavy atom. The standard InChI is InChI=1S/C10H17NO2/c12-8-3-1-5-10(7-8)6-2-4-9(13)11-10/h8,12H,1-7H2,(H,11,13)/t8-,10+/m0/s1. The van der Waals surface area contributed by atoms with Crippen molar-refractivity contribution in [1.29, 1.82) is 0 Å². The van der Waals surface area contributed by atoms with Gasteiger partial charge in [-0.15, -0.1) is 0 Å². The van der Waals surface area contributed by atoms with Gasteiger partial charge in [-0.25, -0.2) is 0 Å². The monoisotopic (exact) mass is 183 g/mol. The van der Waals surface area contributed by atoms with E-state index >= 15 is 0 Å². The molecule has 3 heteroatoms. The van der Waals surface area contributed by atoms with Gasteiger partial charge in [0.05, 0.1) is 6.10 Å². The maximum atomic E-state index is 11.3. The Balaban J connectivity index is 2.04. The summed E-state index contributed by atoms with van der Waals surface area (Å²) in [7, 11) is 0. The van der Waals surface area contributed by atoms with Gasteiger partial charge in [-0.2, -0.15) is 0 Å². The van der Waals surface area contributed by atoms with Gasteiger partial charge < -0.3 is 10.4 Å². The van der Waals surface area contributed by atoms with E-state index in [0.717, 1.165) is 38.5 Å². The molecule has 2 N–H and O–H groups in total. The minimum absolute atomic E-state index is 0.0486. The van der Waals surface area contributed by atoms with Crippen LogP contribution in [0.3, 0.4) is 0 Å². The van der Waals surface area contributed by atoms with Crippen LogP contribution >= 0.6 is 0 Å². The van der Waals surface area contributed by atoms with Gasteiger partial charge in [-0.1, -0.05) is 0 Å². The highest BCUT2D eigenvalue weighted by Crippen LogP contribution is 2.34. The lowest BCUT2D eigenvalue weighted by molar-refractivity contribution is -0.126. The molecule has 0 radical (unpaired) electrons. The molecule has 1 saturated carbocycles. The Labute approximate surface area is 78.5 Å². The molecule has 0 aromatic heterocycles. The van der Waals surface area contributed by atoms with Gasteiger partial charge in [-0.3, -0.25) is 4.79 Å². The predicted octanol–water partition coefficient (Wildman–Crippen LogP) is 0.960. The van der Waals surface area contributed by atoms with Crippen molar-refractivity contribution in [2.75, 3.05) is 0 Å². The number of nitrogens with one attached hydrogen (secondary N) is 1. The molecule has 1 aliphatic heterocycles. The van der Waals surface area contributed by atoms with Crippen LogP contribution in [0.5, 0.6) is 0 Å². The molecule has 2 rings (SSSR count). The fourth-order valence-corrected chi connectivity index (χ4v) is 2.68. The third-order valence-electron chi connectivity index (χ3n) is 3.28. The second kappa shape index (κ2) is 3.29. The van der Waals surface area contributed by atoms with E-state index in [4.69, 9.17) is 0 Å². The van der Waals surface area contributed by atoms with Crippen molar-refractivity contribution in [3.8, 4) is 0 Å². The molecule has 1 amide bonds. The second-order valence-electron chi connectivity index (χ2n) is 4.43. The van der Waals surface area contributed by atoms with E-state index in [0.29, 0.717) is 6.42 Å². The highest BCUT2D eigenvalue weighted by Gasteiger charge is 2.38. The molecule has 2 fully saturated rings. The number of carbonyl (C=O) groups is 1. The van der Waals surface area contributed by atoms with Gasteiger partial charge in [0, 0.05) is 12.0 Å². The van der Waals surface area contributed by atoms with Crippen LogP contribution in [0.15, 0.2) is 0 Å². The van der Waals surface area contributed by atoms with Crippen LogP contribution in [0.2, 0.25) is 0 Å². The number of amides is 1. The molecular weight excluding hydrogens is 166 g/mol. The normalized spacial score (nSPS) is 40.4. The number of carbonyl (C=O) groups excluding carboxylic acids is 1. The molecule has 2 aliphatic rings. The zero-order valence-corrected chi connectivity index (χ0v) is 7.88. The van der Waals surface area contributed by atoms with Crippen LogP contribution in [0.1, 0.15) is 44.9 Å². The zero-order valence-electron chi connectivity index (χ0n) is 7.88. The van der Waals surface area contributed by atoms with Crippen LogP contribution in [0.25, 0.3) is 0 Å². The number of hydrogen-bond acceptors (Lipinski definition) is 2. The van der Waals surface area contributed by atoms with Gasteiger partial charge in [0.1, 0.15) is 0 Å². The molecule has 0 aromatic rings. The number of piperidine rings is 1. The summed E-state index contributed by atoms with van der Waals surface area (Å²) in [6.45, 7) is 0. The molecule has 1 heterocycles. The van der Waals surface area contributed by atoms with Gasteiger partial charge in [-0.05, 0) is 38.5 Å². The summed E-state index contributed by atoms with van der Waals surface area (Å²) in [6.07, 6.45) is 6.26. The summed E-state index contributed by atoms with van der Waals surface area (Å²) in [6, 6.07) is 0. The highest BCUT2D eigenvalue weighted by molar-refractivity contribution is 5.77. The van der Waals surface area contributed by atoms with Crippen LogP contribution in [-0.2, 0) is 4.79 Å². The lowest BCUT2D eigenvalue weighted by atomic mass is 9.75. The smallest absolute Gasteiger partial charge is 0.220 e. The molecule has 13 heavy (non-hydrogen) atoms. The van der Waals surface area contributed by atoms with E-state index in [1.165, 1.54) is 0 Å². The van der Waals surface area contributed by atoms with Crippen molar-refractivity contribution in [2.24, 2.45) is 0 Å². The molecule has 0 aromatic carbocycles. The molecule has 1 aliphatic carbocycles.